The van der Waals surface area contributed by atoms with Crippen molar-refractivity contribution in [3.8, 4) is 5.75 Å². The van der Waals surface area contributed by atoms with Gasteiger partial charge in [0.2, 0.25) is 0 Å². The standard InChI is InChI=1S/C13H10ClFOS/c14-10-5-4-9(13(15)6-10)8-17-12-3-1-2-11(16)7-12/h1-7,16H,8H2. The van der Waals surface area contributed by atoms with Gasteiger partial charge in [0.25, 0.3) is 0 Å². The number of hydrogen-bond acceptors (Lipinski definition) is 2. The molecule has 2 rings (SSSR count). The van der Waals surface area contributed by atoms with Crippen molar-refractivity contribution in [1.82, 2.24) is 0 Å². The maximum atomic E-state index is 13.5. The van der Waals surface area contributed by atoms with Crippen LogP contribution < -0.4 is 0 Å². The molecule has 1 nitrogen and oxygen atoms in total. The highest BCUT2D eigenvalue weighted by molar-refractivity contribution is 7.98. The van der Waals surface area contributed by atoms with E-state index in [9.17, 15) is 9.50 Å². The van der Waals surface area contributed by atoms with Crippen LogP contribution in [0.4, 0.5) is 4.39 Å². The Bertz CT molecular complexity index is 531. The Balaban J connectivity index is 2.07. The minimum Gasteiger partial charge on any atom is -0.508 e. The molecule has 88 valence electrons. The summed E-state index contributed by atoms with van der Waals surface area (Å²) < 4.78 is 13.5. The Morgan fingerprint density at radius 3 is 2.71 bits per heavy atom. The summed E-state index contributed by atoms with van der Waals surface area (Å²) >= 11 is 7.14. The highest BCUT2D eigenvalue weighted by atomic mass is 35.5. The van der Waals surface area contributed by atoms with E-state index in [4.69, 9.17) is 11.6 Å². The molecule has 0 atom stereocenters. The Labute approximate surface area is 108 Å². The van der Waals surface area contributed by atoms with Crippen molar-refractivity contribution in [1.29, 1.82) is 0 Å². The molecular weight excluding hydrogens is 259 g/mol. The Morgan fingerprint density at radius 2 is 2.00 bits per heavy atom. The van der Waals surface area contributed by atoms with Crippen LogP contribution in [-0.4, -0.2) is 5.11 Å². The fourth-order valence-electron chi connectivity index (χ4n) is 1.37. The van der Waals surface area contributed by atoms with E-state index in [1.165, 1.54) is 17.8 Å². The SMILES string of the molecule is Oc1cccc(SCc2ccc(Cl)cc2F)c1. The highest BCUT2D eigenvalue weighted by Gasteiger charge is 2.04. The van der Waals surface area contributed by atoms with Crippen LogP contribution in [0.2, 0.25) is 5.02 Å². The number of phenols is 1. The lowest BCUT2D eigenvalue weighted by atomic mass is 10.2. The number of halogens is 2. The van der Waals surface area contributed by atoms with E-state index < -0.39 is 0 Å². The van der Waals surface area contributed by atoms with Crippen LogP contribution in [0.3, 0.4) is 0 Å². The van der Waals surface area contributed by atoms with Gasteiger partial charge in [-0.25, -0.2) is 4.39 Å². The molecule has 0 fully saturated rings. The van der Waals surface area contributed by atoms with Crippen molar-refractivity contribution in [3.05, 3.63) is 58.9 Å². The number of thioether (sulfide) groups is 1. The second-order valence-corrected chi connectivity index (χ2v) is 5.01. The van der Waals surface area contributed by atoms with E-state index in [1.807, 2.05) is 6.07 Å². The minimum absolute atomic E-state index is 0.214. The molecule has 0 heterocycles. The van der Waals surface area contributed by atoms with Gasteiger partial charge in [-0.05, 0) is 35.9 Å². The zero-order valence-electron chi connectivity index (χ0n) is 8.86. The summed E-state index contributed by atoms with van der Waals surface area (Å²) in [5.74, 6) is 0.420. The summed E-state index contributed by atoms with van der Waals surface area (Å²) in [7, 11) is 0. The van der Waals surface area contributed by atoms with Crippen LogP contribution in [0.15, 0.2) is 47.4 Å². The van der Waals surface area contributed by atoms with Gasteiger partial charge in [0, 0.05) is 15.7 Å². The zero-order chi connectivity index (χ0) is 12.3. The quantitative estimate of drug-likeness (QED) is 0.829. The van der Waals surface area contributed by atoms with Crippen LogP contribution in [-0.2, 0) is 5.75 Å². The van der Waals surface area contributed by atoms with E-state index in [0.717, 1.165) is 4.90 Å². The molecule has 1 N–H and O–H groups in total. The molecule has 0 radical (unpaired) electrons. The lowest BCUT2D eigenvalue weighted by Crippen LogP contribution is -1.87. The summed E-state index contributed by atoms with van der Waals surface area (Å²) in [6, 6.07) is 11.5. The molecule has 4 heteroatoms. The summed E-state index contributed by atoms with van der Waals surface area (Å²) in [5.41, 5.74) is 0.600. The predicted octanol–water partition coefficient (Wildman–Crippen LogP) is 4.48. The third-order valence-corrected chi connectivity index (χ3v) is 3.50. The first kappa shape index (κ1) is 12.3. The Hall–Kier alpha value is -1.19. The number of benzene rings is 2. The van der Waals surface area contributed by atoms with Crippen molar-refractivity contribution in [2.45, 2.75) is 10.6 Å². The average Bonchev–Trinajstić information content (AvgIpc) is 2.28. The van der Waals surface area contributed by atoms with Crippen molar-refractivity contribution in [2.24, 2.45) is 0 Å². The van der Waals surface area contributed by atoms with Gasteiger partial charge in [-0.15, -0.1) is 11.8 Å². The van der Waals surface area contributed by atoms with Gasteiger partial charge < -0.3 is 5.11 Å². The molecule has 0 saturated carbocycles. The molecule has 2 aromatic carbocycles. The van der Waals surface area contributed by atoms with Crippen molar-refractivity contribution in [2.75, 3.05) is 0 Å². The molecule has 0 spiro atoms. The molecule has 0 saturated heterocycles. The Kier molecular flexibility index (Phi) is 3.92. The monoisotopic (exact) mass is 268 g/mol. The first-order valence-corrected chi connectivity index (χ1v) is 6.37. The number of rotatable bonds is 3. The topological polar surface area (TPSA) is 20.2 Å². The van der Waals surface area contributed by atoms with E-state index in [1.54, 1.807) is 30.3 Å². The van der Waals surface area contributed by atoms with Crippen LogP contribution in [0.5, 0.6) is 5.75 Å². The van der Waals surface area contributed by atoms with E-state index in [0.29, 0.717) is 16.3 Å². The van der Waals surface area contributed by atoms with Gasteiger partial charge in [0.05, 0.1) is 0 Å². The third-order valence-electron chi connectivity index (χ3n) is 2.23. The van der Waals surface area contributed by atoms with Crippen LogP contribution >= 0.6 is 23.4 Å². The Morgan fingerprint density at radius 1 is 1.18 bits per heavy atom. The molecule has 0 aliphatic carbocycles. The van der Waals surface area contributed by atoms with Gasteiger partial charge in [0.1, 0.15) is 11.6 Å². The molecule has 17 heavy (non-hydrogen) atoms. The lowest BCUT2D eigenvalue weighted by Gasteiger charge is -2.04. The smallest absolute Gasteiger partial charge is 0.128 e. The second kappa shape index (κ2) is 5.43. The summed E-state index contributed by atoms with van der Waals surface area (Å²) in [4.78, 5) is 0.902. The first-order chi connectivity index (χ1) is 8.15. The molecule has 0 aromatic heterocycles. The van der Waals surface area contributed by atoms with Gasteiger partial charge in [-0.3, -0.25) is 0 Å². The number of phenolic OH excluding ortho intramolecular Hbond substituents is 1. The van der Waals surface area contributed by atoms with Crippen molar-refractivity contribution < 1.29 is 9.50 Å². The maximum Gasteiger partial charge on any atom is 0.128 e. The predicted molar refractivity (Wildman–Crippen MR) is 69.1 cm³/mol. The molecule has 0 aliphatic rings. The molecule has 0 bridgehead atoms. The zero-order valence-corrected chi connectivity index (χ0v) is 10.4. The fraction of sp³-hybridized carbons (Fsp3) is 0.0769. The van der Waals surface area contributed by atoms with Crippen LogP contribution in [0, 0.1) is 5.82 Å². The minimum atomic E-state index is -0.301. The van der Waals surface area contributed by atoms with E-state index in [-0.39, 0.29) is 11.6 Å². The van der Waals surface area contributed by atoms with Crippen LogP contribution in [0.1, 0.15) is 5.56 Å². The van der Waals surface area contributed by atoms with Gasteiger partial charge >= 0.3 is 0 Å². The van der Waals surface area contributed by atoms with E-state index in [2.05, 4.69) is 0 Å². The molecule has 2 aromatic rings. The molecule has 0 unspecified atom stereocenters. The number of aromatic hydroxyl groups is 1. The summed E-state index contributed by atoms with van der Waals surface area (Å²) in [5, 5.41) is 9.69. The number of hydrogen-bond donors (Lipinski definition) is 1. The maximum absolute atomic E-state index is 13.5. The highest BCUT2D eigenvalue weighted by Crippen LogP contribution is 2.27. The fourth-order valence-corrected chi connectivity index (χ4v) is 2.47. The largest absolute Gasteiger partial charge is 0.508 e. The van der Waals surface area contributed by atoms with Gasteiger partial charge in [-0.1, -0.05) is 23.7 Å². The van der Waals surface area contributed by atoms with Crippen molar-refractivity contribution in [3.63, 3.8) is 0 Å². The third kappa shape index (κ3) is 3.38. The lowest BCUT2D eigenvalue weighted by molar-refractivity contribution is 0.474. The van der Waals surface area contributed by atoms with Gasteiger partial charge in [-0.2, -0.15) is 0 Å². The van der Waals surface area contributed by atoms with Gasteiger partial charge in [0.15, 0.2) is 0 Å². The normalized spacial score (nSPS) is 10.5. The molecular formula is C13H10ClFOS. The van der Waals surface area contributed by atoms with E-state index >= 15 is 0 Å². The summed E-state index contributed by atoms with van der Waals surface area (Å²) in [6.07, 6.45) is 0. The first-order valence-electron chi connectivity index (χ1n) is 5.01. The van der Waals surface area contributed by atoms with Crippen molar-refractivity contribution >= 4 is 23.4 Å². The molecule has 0 amide bonds. The second-order valence-electron chi connectivity index (χ2n) is 3.52. The summed E-state index contributed by atoms with van der Waals surface area (Å²) in [6.45, 7) is 0. The van der Waals surface area contributed by atoms with Crippen LogP contribution in [0.25, 0.3) is 0 Å². The average molecular weight is 269 g/mol. The molecule has 0 aliphatic heterocycles.